The molecule has 3 N–H and O–H groups in total. The number of fused-ring (bicyclic) bond motifs is 1. The Balaban J connectivity index is 1.54. The number of nitrogens with zero attached hydrogens (tertiary/aromatic N) is 4. The zero-order valence-corrected chi connectivity index (χ0v) is 22.7. The lowest BCUT2D eigenvalue weighted by Crippen LogP contribution is -2.26. The lowest BCUT2D eigenvalue weighted by molar-refractivity contribution is -0.119. The van der Waals surface area contributed by atoms with Crippen molar-refractivity contribution in [2.24, 2.45) is 17.8 Å². The molecule has 1 amide bonds. The van der Waals surface area contributed by atoms with Crippen molar-refractivity contribution in [3.05, 3.63) is 94.4 Å². The Morgan fingerprint density at radius 1 is 1.10 bits per heavy atom. The summed E-state index contributed by atoms with van der Waals surface area (Å²) < 4.78 is 7.78. The highest BCUT2D eigenvalue weighted by molar-refractivity contribution is 5.90. The third-order valence-corrected chi connectivity index (χ3v) is 5.87. The van der Waals surface area contributed by atoms with Crippen LogP contribution in [0.4, 0.5) is 0 Å². The van der Waals surface area contributed by atoms with Crippen LogP contribution in [-0.4, -0.2) is 32.2 Å². The molecule has 0 bridgehead atoms. The monoisotopic (exact) mass is 524 g/mol. The van der Waals surface area contributed by atoms with E-state index >= 15 is 0 Å². The van der Waals surface area contributed by atoms with Crippen LogP contribution in [0.5, 0.6) is 11.5 Å². The van der Waals surface area contributed by atoms with Crippen LogP contribution >= 0.6 is 0 Å². The fraction of sp³-hybridized carbons (Fsp3) is 0.233. The number of pyridine rings is 1. The second-order valence-electron chi connectivity index (χ2n) is 10.2. The molecule has 39 heavy (non-hydrogen) atoms. The average molecular weight is 525 g/mol. The van der Waals surface area contributed by atoms with E-state index in [9.17, 15) is 9.59 Å². The smallest absolute Gasteiger partial charge is 0.276 e. The van der Waals surface area contributed by atoms with Crippen molar-refractivity contribution in [1.82, 2.24) is 19.9 Å². The number of amides is 1. The highest BCUT2D eigenvalue weighted by Crippen LogP contribution is 2.33. The number of carbonyl (C=O) groups excluding carboxylic acids is 1. The second-order valence-corrected chi connectivity index (χ2v) is 10.2. The summed E-state index contributed by atoms with van der Waals surface area (Å²) in [5, 5.41) is 3.54. The molecular formula is C30H32N6O3. The van der Waals surface area contributed by atoms with E-state index in [1.165, 1.54) is 10.8 Å². The van der Waals surface area contributed by atoms with Gasteiger partial charge in [0, 0.05) is 49.0 Å². The summed E-state index contributed by atoms with van der Waals surface area (Å²) in [6.07, 6.45) is 7.95. The largest absolute Gasteiger partial charge is 0.456 e. The zero-order chi connectivity index (χ0) is 28.2. The van der Waals surface area contributed by atoms with Crippen molar-refractivity contribution < 1.29 is 9.53 Å². The Kier molecular flexibility index (Phi) is 7.90. The van der Waals surface area contributed by atoms with E-state index < -0.39 is 0 Å². The Bertz CT molecular complexity index is 1650. The summed E-state index contributed by atoms with van der Waals surface area (Å²) in [5.41, 5.74) is 9.09. The van der Waals surface area contributed by atoms with Gasteiger partial charge in [-0.3, -0.25) is 19.6 Å². The molecule has 0 unspecified atom stereocenters. The molecule has 0 radical (unpaired) electrons. The van der Waals surface area contributed by atoms with Gasteiger partial charge in [-0.1, -0.05) is 18.2 Å². The van der Waals surface area contributed by atoms with Crippen molar-refractivity contribution in [3.63, 3.8) is 0 Å². The Hall–Kier alpha value is -4.79. The number of hydrogen-bond donors (Lipinski definition) is 2. The molecule has 0 saturated carbocycles. The van der Waals surface area contributed by atoms with E-state index in [1.807, 2.05) is 64.1 Å². The maximum Gasteiger partial charge on any atom is 0.276 e. The van der Waals surface area contributed by atoms with Crippen LogP contribution in [0.25, 0.3) is 22.2 Å². The average Bonchev–Trinajstić information content (AvgIpc) is 2.89. The van der Waals surface area contributed by atoms with E-state index in [0.717, 1.165) is 22.0 Å². The minimum atomic E-state index is -0.275. The molecule has 2 heterocycles. The van der Waals surface area contributed by atoms with Gasteiger partial charge in [-0.2, -0.15) is 0 Å². The van der Waals surface area contributed by atoms with Crippen LogP contribution in [0, 0.1) is 6.92 Å². The van der Waals surface area contributed by atoms with Crippen LogP contribution in [0.2, 0.25) is 0 Å². The second kappa shape index (κ2) is 11.3. The number of ether oxygens (including phenoxy) is 1. The van der Waals surface area contributed by atoms with Gasteiger partial charge in [0.05, 0.1) is 23.2 Å². The molecule has 9 nitrogen and oxygen atoms in total. The van der Waals surface area contributed by atoms with Crippen molar-refractivity contribution in [2.45, 2.75) is 39.7 Å². The number of nitrogens with one attached hydrogen (secondary N) is 1. The number of aliphatic imine (C=N–C) groups is 1. The predicted molar refractivity (Wildman–Crippen MR) is 154 cm³/mol. The normalized spacial score (nSPS) is 12.2. The first-order valence-corrected chi connectivity index (χ1v) is 12.5. The van der Waals surface area contributed by atoms with E-state index in [1.54, 1.807) is 37.9 Å². The first-order valence-electron chi connectivity index (χ1n) is 12.5. The quantitative estimate of drug-likeness (QED) is 0.345. The molecule has 200 valence electrons. The van der Waals surface area contributed by atoms with Gasteiger partial charge in [-0.15, -0.1) is 0 Å². The standard InChI is InChI=1S/C30H32N6O3/c1-19-14-20(15-27(37)35-22(17-31)18-34-30(2,3)4)6-9-25(19)39-26-10-11-32-24-8-7-21(16-23(24)26)28-29(38)36(5)13-12-33-28/h6-14,16-18H,15,31H2,1-5H3,(H,35,37). The van der Waals surface area contributed by atoms with Crippen molar-refractivity contribution in [1.29, 1.82) is 0 Å². The summed E-state index contributed by atoms with van der Waals surface area (Å²) in [6, 6.07) is 12.9. The van der Waals surface area contributed by atoms with Gasteiger partial charge in [-0.05, 0) is 63.1 Å². The van der Waals surface area contributed by atoms with Gasteiger partial charge in [0.25, 0.3) is 5.56 Å². The van der Waals surface area contributed by atoms with E-state index in [4.69, 9.17) is 10.5 Å². The Labute approximate surface area is 227 Å². The van der Waals surface area contributed by atoms with Crippen molar-refractivity contribution in [2.75, 3.05) is 0 Å². The zero-order valence-electron chi connectivity index (χ0n) is 22.7. The van der Waals surface area contributed by atoms with Gasteiger partial charge in [0.2, 0.25) is 5.91 Å². The molecule has 2 aromatic heterocycles. The summed E-state index contributed by atoms with van der Waals surface area (Å²) in [7, 11) is 1.69. The van der Waals surface area contributed by atoms with Gasteiger partial charge in [-0.25, -0.2) is 4.98 Å². The molecule has 0 aliphatic rings. The molecule has 0 aliphatic heterocycles. The molecule has 0 spiro atoms. The van der Waals surface area contributed by atoms with Crippen LogP contribution in [0.15, 0.2) is 82.7 Å². The third kappa shape index (κ3) is 6.75. The number of aromatic nitrogens is 3. The number of allylic oxidation sites excluding steroid dienone is 1. The molecule has 0 atom stereocenters. The first-order chi connectivity index (χ1) is 18.5. The summed E-state index contributed by atoms with van der Waals surface area (Å²) in [5.74, 6) is 1.04. The minimum Gasteiger partial charge on any atom is -0.456 e. The van der Waals surface area contributed by atoms with Crippen LogP contribution in [-0.2, 0) is 18.3 Å². The van der Waals surface area contributed by atoms with Gasteiger partial charge >= 0.3 is 0 Å². The maximum absolute atomic E-state index is 12.6. The molecule has 4 rings (SSSR count). The van der Waals surface area contributed by atoms with E-state index in [2.05, 4.69) is 20.3 Å². The molecular weight excluding hydrogens is 492 g/mol. The van der Waals surface area contributed by atoms with E-state index in [-0.39, 0.29) is 23.4 Å². The van der Waals surface area contributed by atoms with Gasteiger partial charge in [0.15, 0.2) is 0 Å². The number of rotatable bonds is 7. The molecule has 2 aromatic carbocycles. The molecule has 9 heteroatoms. The lowest BCUT2D eigenvalue weighted by atomic mass is 10.1. The number of carbonyl (C=O) groups is 1. The highest BCUT2D eigenvalue weighted by atomic mass is 16.5. The maximum atomic E-state index is 12.6. The number of aryl methyl sites for hydroxylation is 2. The van der Waals surface area contributed by atoms with Crippen LogP contribution in [0.1, 0.15) is 31.9 Å². The first kappa shape index (κ1) is 27.3. The molecule has 0 aliphatic carbocycles. The van der Waals surface area contributed by atoms with Crippen molar-refractivity contribution >= 4 is 23.0 Å². The summed E-state index contributed by atoms with van der Waals surface area (Å²) in [6.45, 7) is 7.80. The van der Waals surface area contributed by atoms with Crippen molar-refractivity contribution in [3.8, 4) is 22.8 Å². The SMILES string of the molecule is Cc1cc(CC(=O)NC(C=NC(C)(C)C)=CN)ccc1Oc1ccnc2ccc(-c3nccn(C)c3=O)cc12. The summed E-state index contributed by atoms with van der Waals surface area (Å²) in [4.78, 5) is 38.3. The number of nitrogens with two attached hydrogens (primary N) is 1. The van der Waals surface area contributed by atoms with Crippen LogP contribution < -0.4 is 21.3 Å². The molecule has 0 fully saturated rings. The fourth-order valence-electron chi connectivity index (χ4n) is 3.88. The fourth-order valence-corrected chi connectivity index (χ4v) is 3.88. The highest BCUT2D eigenvalue weighted by Gasteiger charge is 2.13. The predicted octanol–water partition coefficient (Wildman–Crippen LogP) is 4.42. The molecule has 0 saturated heterocycles. The van der Waals surface area contributed by atoms with Gasteiger partial charge < -0.3 is 20.4 Å². The van der Waals surface area contributed by atoms with Crippen LogP contribution in [0.3, 0.4) is 0 Å². The third-order valence-electron chi connectivity index (χ3n) is 5.87. The lowest BCUT2D eigenvalue weighted by Gasteiger charge is -2.14. The number of benzene rings is 2. The van der Waals surface area contributed by atoms with E-state index in [0.29, 0.717) is 28.5 Å². The summed E-state index contributed by atoms with van der Waals surface area (Å²) >= 11 is 0. The minimum absolute atomic E-state index is 0.169. The Morgan fingerprint density at radius 3 is 2.62 bits per heavy atom. The van der Waals surface area contributed by atoms with Gasteiger partial charge in [0.1, 0.15) is 17.2 Å². The number of hydrogen-bond acceptors (Lipinski definition) is 7. The topological polar surface area (TPSA) is 124 Å². The Morgan fingerprint density at radius 2 is 1.90 bits per heavy atom. The molecule has 4 aromatic rings.